The van der Waals surface area contributed by atoms with Crippen molar-refractivity contribution < 1.29 is 4.79 Å². The van der Waals surface area contributed by atoms with Gasteiger partial charge in [-0.3, -0.25) is 4.79 Å². The van der Waals surface area contributed by atoms with Crippen LogP contribution in [-0.4, -0.2) is 20.7 Å². The van der Waals surface area contributed by atoms with Crippen LogP contribution in [0.1, 0.15) is 10.6 Å². The number of hydrogen-bond acceptors (Lipinski definition) is 3. The van der Waals surface area contributed by atoms with E-state index in [2.05, 4.69) is 15.4 Å². The minimum atomic E-state index is -0.406. The predicted octanol–water partition coefficient (Wildman–Crippen LogP) is 6.65. The average Bonchev–Trinajstić information content (AvgIpc) is 3.27. The first-order valence-corrected chi connectivity index (χ1v) is 10.6. The number of halogens is 2. The summed E-state index contributed by atoms with van der Waals surface area (Å²) in [7, 11) is 0. The van der Waals surface area contributed by atoms with Crippen molar-refractivity contribution in [3.05, 3.63) is 107 Å². The van der Waals surface area contributed by atoms with Gasteiger partial charge in [0.15, 0.2) is 5.82 Å². The third kappa shape index (κ3) is 3.96. The highest BCUT2D eigenvalue weighted by atomic mass is 35.5. The van der Waals surface area contributed by atoms with E-state index >= 15 is 0 Å². The van der Waals surface area contributed by atoms with E-state index in [1.54, 1.807) is 22.9 Å². The molecule has 1 N–H and O–H groups in total. The third-order valence-electron chi connectivity index (χ3n) is 5.00. The zero-order chi connectivity index (χ0) is 22.1. The topological polar surface area (TPSA) is 59.8 Å². The van der Waals surface area contributed by atoms with Gasteiger partial charge in [-0.25, -0.2) is 9.67 Å². The smallest absolute Gasteiger partial charge is 0.295 e. The van der Waals surface area contributed by atoms with Gasteiger partial charge < -0.3 is 5.32 Å². The van der Waals surface area contributed by atoms with Crippen LogP contribution in [0.3, 0.4) is 0 Å². The number of benzene rings is 4. The molecule has 32 heavy (non-hydrogen) atoms. The van der Waals surface area contributed by atoms with E-state index in [1.165, 1.54) is 0 Å². The van der Waals surface area contributed by atoms with E-state index in [0.29, 0.717) is 27.2 Å². The summed E-state index contributed by atoms with van der Waals surface area (Å²) in [5.74, 6) is 0.159. The van der Waals surface area contributed by atoms with E-state index in [4.69, 9.17) is 23.2 Å². The summed E-state index contributed by atoms with van der Waals surface area (Å²) in [5.41, 5.74) is 2.13. The second-order valence-electron chi connectivity index (χ2n) is 7.15. The van der Waals surface area contributed by atoms with E-state index in [0.717, 1.165) is 16.3 Å². The summed E-state index contributed by atoms with van der Waals surface area (Å²) in [6.07, 6.45) is 0. The molecule has 0 aliphatic heterocycles. The van der Waals surface area contributed by atoms with Gasteiger partial charge in [0.1, 0.15) is 0 Å². The average molecular weight is 459 g/mol. The van der Waals surface area contributed by atoms with E-state index in [9.17, 15) is 4.79 Å². The molecule has 0 aliphatic carbocycles. The van der Waals surface area contributed by atoms with Crippen molar-refractivity contribution in [1.82, 2.24) is 14.8 Å². The standard InChI is InChI=1S/C25H16Cl2N4O/c26-21-13-12-20(15-22(21)27)31-24(17-7-2-1-3-8-17)29-23(30-31)25(32)28-19-11-10-16-6-4-5-9-18(16)14-19/h1-15H,(H,28,32). The lowest BCUT2D eigenvalue weighted by atomic mass is 10.1. The van der Waals surface area contributed by atoms with Crippen LogP contribution in [0, 0.1) is 0 Å². The Morgan fingerprint density at radius 1 is 0.781 bits per heavy atom. The monoisotopic (exact) mass is 458 g/mol. The SMILES string of the molecule is O=C(Nc1ccc2ccccc2c1)c1nc(-c2ccccc2)n(-c2ccc(Cl)c(Cl)c2)n1. The molecule has 5 nitrogen and oxygen atoms in total. The highest BCUT2D eigenvalue weighted by Gasteiger charge is 2.19. The number of nitrogens with one attached hydrogen (secondary N) is 1. The Morgan fingerprint density at radius 2 is 1.53 bits per heavy atom. The lowest BCUT2D eigenvalue weighted by Crippen LogP contribution is -2.14. The quantitative estimate of drug-likeness (QED) is 0.328. The maximum atomic E-state index is 13.0. The highest BCUT2D eigenvalue weighted by Crippen LogP contribution is 2.27. The summed E-state index contributed by atoms with van der Waals surface area (Å²) in [4.78, 5) is 17.5. The lowest BCUT2D eigenvalue weighted by Gasteiger charge is -2.07. The van der Waals surface area contributed by atoms with Crippen molar-refractivity contribution >= 4 is 45.6 Å². The maximum Gasteiger partial charge on any atom is 0.295 e. The molecule has 5 aromatic rings. The molecular weight excluding hydrogens is 443 g/mol. The first kappa shape index (κ1) is 20.2. The molecule has 156 valence electrons. The molecule has 1 heterocycles. The molecule has 0 saturated heterocycles. The maximum absolute atomic E-state index is 13.0. The Kier molecular flexibility index (Phi) is 5.35. The number of fused-ring (bicyclic) bond motifs is 1. The third-order valence-corrected chi connectivity index (χ3v) is 5.74. The molecule has 0 unspecified atom stereocenters. The Balaban J connectivity index is 1.54. The van der Waals surface area contributed by atoms with Gasteiger partial charge in [0.25, 0.3) is 5.91 Å². The normalized spacial score (nSPS) is 10.9. The molecule has 0 spiro atoms. The fraction of sp³-hybridized carbons (Fsp3) is 0. The first-order chi connectivity index (χ1) is 15.6. The molecular formula is C25H16Cl2N4O. The molecule has 0 atom stereocenters. The summed E-state index contributed by atoms with van der Waals surface area (Å²) in [6.45, 7) is 0. The zero-order valence-electron chi connectivity index (χ0n) is 16.7. The van der Waals surface area contributed by atoms with Crippen molar-refractivity contribution in [3.63, 3.8) is 0 Å². The molecule has 1 amide bonds. The molecule has 5 rings (SSSR count). The van der Waals surface area contributed by atoms with Crippen LogP contribution in [0.15, 0.2) is 91.0 Å². The first-order valence-electron chi connectivity index (χ1n) is 9.86. The van der Waals surface area contributed by atoms with Gasteiger partial charge in [-0.1, -0.05) is 83.9 Å². The highest BCUT2D eigenvalue weighted by molar-refractivity contribution is 6.42. The lowest BCUT2D eigenvalue weighted by molar-refractivity contribution is 0.101. The fourth-order valence-corrected chi connectivity index (χ4v) is 3.73. The van der Waals surface area contributed by atoms with E-state index in [1.807, 2.05) is 72.8 Å². The molecule has 0 saturated carbocycles. The number of rotatable bonds is 4. The molecule has 1 aromatic heterocycles. The minimum absolute atomic E-state index is 0.0445. The van der Waals surface area contributed by atoms with Crippen LogP contribution in [0.4, 0.5) is 5.69 Å². The van der Waals surface area contributed by atoms with E-state index in [-0.39, 0.29) is 5.82 Å². The van der Waals surface area contributed by atoms with Crippen LogP contribution >= 0.6 is 23.2 Å². The number of nitrogens with zero attached hydrogens (tertiary/aromatic N) is 3. The number of anilines is 1. The van der Waals surface area contributed by atoms with Crippen molar-refractivity contribution in [2.75, 3.05) is 5.32 Å². The van der Waals surface area contributed by atoms with Crippen molar-refractivity contribution in [2.45, 2.75) is 0 Å². The molecule has 0 radical (unpaired) electrons. The molecule has 7 heteroatoms. The number of carbonyl (C=O) groups is 1. The fourth-order valence-electron chi connectivity index (χ4n) is 3.43. The Morgan fingerprint density at radius 3 is 2.31 bits per heavy atom. The van der Waals surface area contributed by atoms with Gasteiger partial charge in [0.05, 0.1) is 15.7 Å². The summed E-state index contributed by atoms with van der Waals surface area (Å²) in [5, 5.41) is 10.3. The van der Waals surface area contributed by atoms with Crippen molar-refractivity contribution in [2.24, 2.45) is 0 Å². The summed E-state index contributed by atoms with van der Waals surface area (Å²) < 4.78 is 1.59. The van der Waals surface area contributed by atoms with Gasteiger partial charge in [-0.05, 0) is 41.1 Å². The van der Waals surface area contributed by atoms with Crippen LogP contribution < -0.4 is 5.32 Å². The van der Waals surface area contributed by atoms with Gasteiger partial charge in [-0.15, -0.1) is 5.10 Å². The van der Waals surface area contributed by atoms with Gasteiger partial charge in [-0.2, -0.15) is 0 Å². The van der Waals surface area contributed by atoms with E-state index < -0.39 is 5.91 Å². The van der Waals surface area contributed by atoms with Crippen molar-refractivity contribution in [1.29, 1.82) is 0 Å². The number of carbonyl (C=O) groups excluding carboxylic acids is 1. The largest absolute Gasteiger partial charge is 0.319 e. The van der Waals surface area contributed by atoms with Crippen LogP contribution in [0.2, 0.25) is 10.0 Å². The van der Waals surface area contributed by atoms with Crippen LogP contribution in [0.5, 0.6) is 0 Å². The zero-order valence-corrected chi connectivity index (χ0v) is 18.2. The Hall–Kier alpha value is -3.67. The van der Waals surface area contributed by atoms with Gasteiger partial charge >= 0.3 is 0 Å². The summed E-state index contributed by atoms with van der Waals surface area (Å²) >= 11 is 12.3. The van der Waals surface area contributed by atoms with Gasteiger partial charge in [0, 0.05) is 11.3 Å². The second kappa shape index (κ2) is 8.46. The molecule has 0 fully saturated rings. The number of hydrogen-bond donors (Lipinski definition) is 1. The number of amides is 1. The van der Waals surface area contributed by atoms with Crippen LogP contribution in [-0.2, 0) is 0 Å². The Labute approximate surface area is 194 Å². The van der Waals surface area contributed by atoms with Crippen molar-refractivity contribution in [3.8, 4) is 17.1 Å². The summed E-state index contributed by atoms with van der Waals surface area (Å²) in [6, 6.07) is 28.4. The number of aromatic nitrogens is 3. The van der Waals surface area contributed by atoms with Gasteiger partial charge in [0.2, 0.25) is 5.82 Å². The second-order valence-corrected chi connectivity index (χ2v) is 7.97. The molecule has 4 aromatic carbocycles. The predicted molar refractivity (Wildman–Crippen MR) is 129 cm³/mol. The molecule has 0 aliphatic rings. The van der Waals surface area contributed by atoms with Crippen LogP contribution in [0.25, 0.3) is 27.8 Å². The minimum Gasteiger partial charge on any atom is -0.319 e. The Bertz CT molecular complexity index is 1450. The molecule has 0 bridgehead atoms.